The molecular weight excluding hydrogens is 344 g/mol. The van der Waals surface area contributed by atoms with Crippen LogP contribution in [0, 0.1) is 0 Å². The molecule has 0 bridgehead atoms. The van der Waals surface area contributed by atoms with Crippen LogP contribution in [0.2, 0.25) is 0 Å². The van der Waals surface area contributed by atoms with E-state index in [0.29, 0.717) is 0 Å². The molecule has 0 aromatic carbocycles. The van der Waals surface area contributed by atoms with Crippen molar-refractivity contribution >= 4 is 0 Å². The number of ether oxygens (including phenoxy) is 2. The summed E-state index contributed by atoms with van der Waals surface area (Å²) in [6, 6.07) is 0. The molecule has 170 valence electrons. The van der Waals surface area contributed by atoms with Crippen molar-refractivity contribution in [3.05, 3.63) is 0 Å². The molecule has 0 N–H and O–H groups in total. The molecule has 0 saturated heterocycles. The van der Waals surface area contributed by atoms with E-state index in [1.54, 1.807) is 0 Å². The van der Waals surface area contributed by atoms with Crippen LogP contribution in [0.15, 0.2) is 0 Å². The molecule has 2 heteroatoms. The predicted octanol–water partition coefficient (Wildman–Crippen LogP) is 8.86. The van der Waals surface area contributed by atoms with Gasteiger partial charge < -0.3 is 9.47 Å². The Morgan fingerprint density at radius 1 is 0.536 bits per heavy atom. The van der Waals surface area contributed by atoms with E-state index < -0.39 is 0 Å². The molecule has 0 aromatic rings. The van der Waals surface area contributed by atoms with Gasteiger partial charge >= 0.3 is 0 Å². The van der Waals surface area contributed by atoms with Gasteiger partial charge in [-0.2, -0.15) is 0 Å². The van der Waals surface area contributed by atoms with E-state index in [-0.39, 0.29) is 11.7 Å². The molecule has 1 atom stereocenters. The summed E-state index contributed by atoms with van der Waals surface area (Å²) in [5, 5.41) is 0. The largest absolute Gasteiger partial charge is 0.376 e. The van der Waals surface area contributed by atoms with E-state index in [1.165, 1.54) is 109 Å². The first kappa shape index (κ1) is 27.9. The lowest BCUT2D eigenvalue weighted by atomic mass is 9.82. The van der Waals surface area contributed by atoms with Crippen molar-refractivity contribution in [1.82, 2.24) is 0 Å². The van der Waals surface area contributed by atoms with Gasteiger partial charge in [-0.05, 0) is 33.1 Å². The quantitative estimate of drug-likeness (QED) is 0.169. The Bertz CT molecular complexity index is 291. The molecule has 0 saturated carbocycles. The Kier molecular flexibility index (Phi) is 20.1. The standard InChI is InChI=1S/C26H54O2/c1-6-11-14-17-18-19-22-25(27-9-4)26(28-10-5,23-20-15-12-7-2)24-21-16-13-8-3/h25H,6-24H2,1-5H3. The van der Waals surface area contributed by atoms with Crippen LogP contribution in [0.3, 0.4) is 0 Å². The number of hydrogen-bond donors (Lipinski definition) is 0. The number of hydrogen-bond acceptors (Lipinski definition) is 2. The highest BCUT2D eigenvalue weighted by molar-refractivity contribution is 4.90. The summed E-state index contributed by atoms with van der Waals surface area (Å²) >= 11 is 0. The summed E-state index contributed by atoms with van der Waals surface area (Å²) in [4.78, 5) is 0. The van der Waals surface area contributed by atoms with Crippen molar-refractivity contribution in [2.75, 3.05) is 13.2 Å². The van der Waals surface area contributed by atoms with Crippen molar-refractivity contribution in [3.8, 4) is 0 Å². The van der Waals surface area contributed by atoms with Crippen molar-refractivity contribution < 1.29 is 9.47 Å². The molecule has 28 heavy (non-hydrogen) atoms. The molecule has 0 spiro atoms. The third-order valence-corrected chi connectivity index (χ3v) is 6.11. The van der Waals surface area contributed by atoms with E-state index in [4.69, 9.17) is 9.47 Å². The average Bonchev–Trinajstić information content (AvgIpc) is 2.70. The molecule has 0 aliphatic carbocycles. The molecular formula is C26H54O2. The summed E-state index contributed by atoms with van der Waals surface area (Å²) in [7, 11) is 0. The number of rotatable bonds is 22. The Labute approximate surface area is 178 Å². The number of unbranched alkanes of at least 4 members (excludes halogenated alkanes) is 11. The molecule has 0 radical (unpaired) electrons. The van der Waals surface area contributed by atoms with Crippen LogP contribution >= 0.6 is 0 Å². The van der Waals surface area contributed by atoms with Crippen molar-refractivity contribution in [2.24, 2.45) is 0 Å². The van der Waals surface area contributed by atoms with Gasteiger partial charge in [-0.1, -0.05) is 111 Å². The highest BCUT2D eigenvalue weighted by atomic mass is 16.5. The summed E-state index contributed by atoms with van der Waals surface area (Å²) < 4.78 is 13.0. The minimum Gasteiger partial charge on any atom is -0.376 e. The van der Waals surface area contributed by atoms with E-state index in [0.717, 1.165) is 13.2 Å². The Balaban J connectivity index is 4.95. The van der Waals surface area contributed by atoms with Crippen LogP contribution in [0.4, 0.5) is 0 Å². The maximum atomic E-state index is 6.58. The van der Waals surface area contributed by atoms with Gasteiger partial charge in [-0.3, -0.25) is 0 Å². The summed E-state index contributed by atoms with van der Waals surface area (Å²) in [6.45, 7) is 12.8. The summed E-state index contributed by atoms with van der Waals surface area (Å²) in [6.07, 6.45) is 22.4. The third kappa shape index (κ3) is 13.2. The first-order valence-corrected chi connectivity index (χ1v) is 13.0. The predicted molar refractivity (Wildman–Crippen MR) is 125 cm³/mol. The fourth-order valence-electron chi connectivity index (χ4n) is 4.48. The minimum atomic E-state index is -0.0599. The van der Waals surface area contributed by atoms with E-state index in [9.17, 15) is 0 Å². The average molecular weight is 399 g/mol. The first-order chi connectivity index (χ1) is 13.7. The molecule has 0 fully saturated rings. The van der Waals surface area contributed by atoms with Gasteiger partial charge in [-0.25, -0.2) is 0 Å². The van der Waals surface area contributed by atoms with Crippen LogP contribution in [-0.4, -0.2) is 24.9 Å². The van der Waals surface area contributed by atoms with Crippen molar-refractivity contribution in [2.45, 2.75) is 155 Å². The Morgan fingerprint density at radius 2 is 1.00 bits per heavy atom. The van der Waals surface area contributed by atoms with Gasteiger partial charge in [0, 0.05) is 13.2 Å². The van der Waals surface area contributed by atoms with Crippen LogP contribution in [0.5, 0.6) is 0 Å². The van der Waals surface area contributed by atoms with Gasteiger partial charge in [0.15, 0.2) is 0 Å². The third-order valence-electron chi connectivity index (χ3n) is 6.11. The van der Waals surface area contributed by atoms with Crippen LogP contribution < -0.4 is 0 Å². The zero-order valence-corrected chi connectivity index (χ0v) is 20.3. The zero-order chi connectivity index (χ0) is 20.9. The molecule has 0 amide bonds. The van der Waals surface area contributed by atoms with Gasteiger partial charge in [0.25, 0.3) is 0 Å². The van der Waals surface area contributed by atoms with Gasteiger partial charge in [0.2, 0.25) is 0 Å². The Morgan fingerprint density at radius 3 is 1.46 bits per heavy atom. The van der Waals surface area contributed by atoms with E-state index in [2.05, 4.69) is 34.6 Å². The molecule has 0 heterocycles. The second-order valence-corrected chi connectivity index (χ2v) is 8.62. The van der Waals surface area contributed by atoms with Crippen molar-refractivity contribution in [3.63, 3.8) is 0 Å². The molecule has 0 rings (SSSR count). The lowest BCUT2D eigenvalue weighted by molar-refractivity contribution is -0.155. The topological polar surface area (TPSA) is 18.5 Å². The normalized spacial score (nSPS) is 13.2. The van der Waals surface area contributed by atoms with Gasteiger partial charge in [-0.15, -0.1) is 0 Å². The van der Waals surface area contributed by atoms with Crippen molar-refractivity contribution in [1.29, 1.82) is 0 Å². The minimum absolute atomic E-state index is 0.0599. The van der Waals surface area contributed by atoms with Crippen LogP contribution in [0.1, 0.15) is 144 Å². The van der Waals surface area contributed by atoms with Gasteiger partial charge in [0.05, 0.1) is 11.7 Å². The maximum Gasteiger partial charge on any atom is 0.0942 e. The smallest absolute Gasteiger partial charge is 0.0942 e. The van der Waals surface area contributed by atoms with Crippen LogP contribution in [-0.2, 0) is 9.47 Å². The lowest BCUT2D eigenvalue weighted by Gasteiger charge is -2.41. The molecule has 2 nitrogen and oxygen atoms in total. The van der Waals surface area contributed by atoms with E-state index in [1.807, 2.05) is 0 Å². The highest BCUT2D eigenvalue weighted by Gasteiger charge is 2.39. The van der Waals surface area contributed by atoms with E-state index >= 15 is 0 Å². The zero-order valence-electron chi connectivity index (χ0n) is 20.3. The molecule has 0 aliphatic heterocycles. The van der Waals surface area contributed by atoms with Crippen LogP contribution in [0.25, 0.3) is 0 Å². The second-order valence-electron chi connectivity index (χ2n) is 8.62. The van der Waals surface area contributed by atoms with Gasteiger partial charge in [0.1, 0.15) is 0 Å². The summed E-state index contributed by atoms with van der Waals surface area (Å²) in [5.74, 6) is 0. The second kappa shape index (κ2) is 20.2. The molecule has 0 aromatic heterocycles. The highest BCUT2D eigenvalue weighted by Crippen LogP contribution is 2.35. The lowest BCUT2D eigenvalue weighted by Crippen LogP contribution is -2.47. The fraction of sp³-hybridized carbons (Fsp3) is 1.00. The monoisotopic (exact) mass is 398 g/mol. The maximum absolute atomic E-state index is 6.58. The SMILES string of the molecule is CCCCCCCCC(OCC)C(CCCCCC)(CCCCCC)OCC. The summed E-state index contributed by atoms with van der Waals surface area (Å²) in [5.41, 5.74) is -0.0599. The Hall–Kier alpha value is -0.0800. The molecule has 1 unspecified atom stereocenters. The molecule has 0 aliphatic rings. The first-order valence-electron chi connectivity index (χ1n) is 13.0. The fourth-order valence-corrected chi connectivity index (χ4v) is 4.48.